The summed E-state index contributed by atoms with van der Waals surface area (Å²) < 4.78 is 61.4. The second kappa shape index (κ2) is 6.13. The van der Waals surface area contributed by atoms with Crippen molar-refractivity contribution >= 4 is 9.84 Å². The lowest BCUT2D eigenvalue weighted by atomic mass is 10.0. The van der Waals surface area contributed by atoms with E-state index in [0.29, 0.717) is 0 Å². The Morgan fingerprint density at radius 1 is 1.20 bits per heavy atom. The van der Waals surface area contributed by atoms with Crippen molar-refractivity contribution in [3.63, 3.8) is 0 Å². The van der Waals surface area contributed by atoms with Crippen molar-refractivity contribution in [1.29, 1.82) is 0 Å². The molecule has 0 saturated carbocycles. The van der Waals surface area contributed by atoms with Crippen LogP contribution < -0.4 is 5.73 Å². The summed E-state index contributed by atoms with van der Waals surface area (Å²) in [4.78, 5) is -0.135. The van der Waals surface area contributed by atoms with E-state index in [4.69, 9.17) is 5.73 Å². The van der Waals surface area contributed by atoms with E-state index in [1.807, 2.05) is 13.8 Å². The molecule has 1 rings (SSSR count). The molecule has 0 aliphatic rings. The summed E-state index contributed by atoms with van der Waals surface area (Å²) in [5.41, 5.74) is 4.92. The molecule has 2 unspecified atom stereocenters. The predicted octanol–water partition coefficient (Wildman–Crippen LogP) is 2.85. The van der Waals surface area contributed by atoms with Crippen LogP contribution in [0.4, 0.5) is 13.2 Å². The van der Waals surface area contributed by atoms with Gasteiger partial charge in [0.15, 0.2) is 9.84 Å². The maximum Gasteiger partial charge on any atom is 0.416 e. The predicted molar refractivity (Wildman–Crippen MR) is 70.9 cm³/mol. The van der Waals surface area contributed by atoms with Crippen LogP contribution in [0.2, 0.25) is 0 Å². The molecule has 0 radical (unpaired) electrons. The summed E-state index contributed by atoms with van der Waals surface area (Å²) in [5, 5.41) is 0. The van der Waals surface area contributed by atoms with Crippen LogP contribution in [0.15, 0.2) is 29.2 Å². The van der Waals surface area contributed by atoms with Gasteiger partial charge in [-0.25, -0.2) is 8.42 Å². The number of alkyl halides is 3. The first kappa shape index (κ1) is 17.0. The number of hydrogen-bond acceptors (Lipinski definition) is 3. The minimum atomic E-state index is -4.48. The number of benzene rings is 1. The second-order valence-electron chi connectivity index (χ2n) is 4.85. The van der Waals surface area contributed by atoms with Gasteiger partial charge < -0.3 is 5.73 Å². The molecular formula is C13H18F3NO2S. The standard InChI is InChI=1S/C13H18F3NO2S/c1-3-9(2)12(17)8-20(18,19)11-6-4-10(5-7-11)13(14,15)16/h4-7,9,12H,3,8,17H2,1-2H3. The highest BCUT2D eigenvalue weighted by Gasteiger charge is 2.31. The third kappa shape index (κ3) is 4.21. The average Bonchev–Trinajstić information content (AvgIpc) is 2.36. The Hall–Kier alpha value is -1.08. The lowest BCUT2D eigenvalue weighted by molar-refractivity contribution is -0.137. The molecule has 0 fully saturated rings. The van der Waals surface area contributed by atoms with Gasteiger partial charge in [-0.2, -0.15) is 13.2 Å². The molecule has 2 atom stereocenters. The van der Waals surface area contributed by atoms with Crippen molar-refractivity contribution < 1.29 is 21.6 Å². The summed E-state index contributed by atoms with van der Waals surface area (Å²) >= 11 is 0. The molecule has 0 spiro atoms. The number of rotatable bonds is 5. The largest absolute Gasteiger partial charge is 0.416 e. The smallest absolute Gasteiger partial charge is 0.327 e. The molecule has 0 amide bonds. The maximum atomic E-state index is 12.4. The fourth-order valence-corrected chi connectivity index (χ4v) is 3.25. The molecule has 0 aliphatic heterocycles. The zero-order valence-corrected chi connectivity index (χ0v) is 12.1. The second-order valence-corrected chi connectivity index (χ2v) is 6.89. The van der Waals surface area contributed by atoms with Crippen LogP contribution in [0.1, 0.15) is 25.8 Å². The molecule has 0 aliphatic carbocycles. The van der Waals surface area contributed by atoms with E-state index in [2.05, 4.69) is 0 Å². The SMILES string of the molecule is CCC(C)C(N)CS(=O)(=O)c1ccc(C(F)(F)F)cc1. The van der Waals surface area contributed by atoms with Gasteiger partial charge in [-0.05, 0) is 30.2 Å². The van der Waals surface area contributed by atoms with Crippen LogP contribution in [0, 0.1) is 5.92 Å². The average molecular weight is 309 g/mol. The fraction of sp³-hybridized carbons (Fsp3) is 0.538. The molecular weight excluding hydrogens is 291 g/mol. The van der Waals surface area contributed by atoms with Crippen LogP contribution in [0.3, 0.4) is 0 Å². The van der Waals surface area contributed by atoms with Gasteiger partial charge in [0.1, 0.15) is 0 Å². The van der Waals surface area contributed by atoms with Crippen LogP contribution in [0.25, 0.3) is 0 Å². The first-order valence-corrected chi connectivity index (χ1v) is 7.88. The third-order valence-electron chi connectivity index (χ3n) is 3.33. The Morgan fingerprint density at radius 3 is 2.10 bits per heavy atom. The van der Waals surface area contributed by atoms with Gasteiger partial charge in [0, 0.05) is 6.04 Å². The summed E-state index contributed by atoms with van der Waals surface area (Å²) in [5.74, 6) is -0.243. The molecule has 114 valence electrons. The third-order valence-corrected chi connectivity index (χ3v) is 5.14. The van der Waals surface area contributed by atoms with Crippen LogP contribution in [0.5, 0.6) is 0 Å². The quantitative estimate of drug-likeness (QED) is 0.910. The molecule has 2 N–H and O–H groups in total. The van der Waals surface area contributed by atoms with Crippen molar-refractivity contribution in [2.24, 2.45) is 11.7 Å². The minimum absolute atomic E-state index is 0.0271. The van der Waals surface area contributed by atoms with Gasteiger partial charge in [0.05, 0.1) is 16.2 Å². The molecule has 0 bridgehead atoms. The van der Waals surface area contributed by atoms with Crippen LogP contribution in [-0.2, 0) is 16.0 Å². The van der Waals surface area contributed by atoms with E-state index >= 15 is 0 Å². The highest BCUT2D eigenvalue weighted by molar-refractivity contribution is 7.91. The molecule has 3 nitrogen and oxygen atoms in total. The van der Waals surface area contributed by atoms with Crippen molar-refractivity contribution in [3.8, 4) is 0 Å². The van der Waals surface area contributed by atoms with Gasteiger partial charge in [0.2, 0.25) is 0 Å². The molecule has 1 aromatic carbocycles. The Morgan fingerprint density at radius 2 is 1.70 bits per heavy atom. The van der Waals surface area contributed by atoms with Crippen LogP contribution >= 0.6 is 0 Å². The van der Waals surface area contributed by atoms with E-state index in [0.717, 1.165) is 30.7 Å². The Labute approximate surface area is 116 Å². The molecule has 20 heavy (non-hydrogen) atoms. The van der Waals surface area contributed by atoms with Gasteiger partial charge in [-0.1, -0.05) is 20.3 Å². The van der Waals surface area contributed by atoms with E-state index in [1.165, 1.54) is 0 Å². The van der Waals surface area contributed by atoms with Gasteiger partial charge in [-0.3, -0.25) is 0 Å². The Bertz CT molecular complexity index is 538. The Kier molecular flexibility index (Phi) is 5.21. The number of halogens is 3. The van der Waals surface area contributed by atoms with Gasteiger partial charge >= 0.3 is 6.18 Å². The highest BCUT2D eigenvalue weighted by atomic mass is 32.2. The molecule has 1 aromatic rings. The number of nitrogens with two attached hydrogens (primary N) is 1. The number of hydrogen-bond donors (Lipinski definition) is 1. The zero-order chi connectivity index (χ0) is 15.6. The zero-order valence-electron chi connectivity index (χ0n) is 11.3. The van der Waals surface area contributed by atoms with E-state index in [9.17, 15) is 21.6 Å². The topological polar surface area (TPSA) is 60.2 Å². The summed E-state index contributed by atoms with van der Waals surface area (Å²) in [7, 11) is -3.67. The maximum absolute atomic E-state index is 12.4. The van der Waals surface area contributed by atoms with Gasteiger partial charge in [-0.15, -0.1) is 0 Å². The highest BCUT2D eigenvalue weighted by Crippen LogP contribution is 2.30. The summed E-state index contributed by atoms with van der Waals surface area (Å²) in [6, 6.07) is 2.94. The minimum Gasteiger partial charge on any atom is -0.327 e. The summed E-state index contributed by atoms with van der Waals surface area (Å²) in [6.45, 7) is 3.74. The van der Waals surface area contributed by atoms with Crippen molar-refractivity contribution in [2.45, 2.75) is 37.4 Å². The van der Waals surface area contributed by atoms with Crippen molar-refractivity contribution in [1.82, 2.24) is 0 Å². The molecule has 0 aromatic heterocycles. The van der Waals surface area contributed by atoms with E-state index in [1.54, 1.807) is 0 Å². The van der Waals surface area contributed by atoms with E-state index < -0.39 is 27.6 Å². The van der Waals surface area contributed by atoms with Gasteiger partial charge in [0.25, 0.3) is 0 Å². The van der Waals surface area contributed by atoms with E-state index in [-0.39, 0.29) is 16.6 Å². The van der Waals surface area contributed by atoms with Crippen LogP contribution in [-0.4, -0.2) is 20.2 Å². The summed E-state index contributed by atoms with van der Waals surface area (Å²) in [6.07, 6.45) is -3.74. The fourth-order valence-electron chi connectivity index (χ4n) is 1.67. The first-order valence-electron chi connectivity index (χ1n) is 6.23. The Balaban J connectivity index is 2.94. The monoisotopic (exact) mass is 309 g/mol. The lowest BCUT2D eigenvalue weighted by Crippen LogP contribution is -2.35. The first-order chi connectivity index (χ1) is 9.08. The normalized spacial score (nSPS) is 15.9. The molecule has 0 heterocycles. The molecule has 7 heteroatoms. The number of sulfone groups is 1. The van der Waals surface area contributed by atoms with Crippen molar-refractivity contribution in [2.75, 3.05) is 5.75 Å². The van der Waals surface area contributed by atoms with Crippen molar-refractivity contribution in [3.05, 3.63) is 29.8 Å². The lowest BCUT2D eigenvalue weighted by Gasteiger charge is -2.18. The molecule has 0 saturated heterocycles.